The molecule has 5 heteroatoms. The van der Waals surface area contributed by atoms with Crippen molar-refractivity contribution in [2.75, 3.05) is 6.61 Å². The number of ether oxygens (including phenoxy) is 1. The van der Waals surface area contributed by atoms with Crippen molar-refractivity contribution in [3.8, 4) is 0 Å². The molecule has 2 aliphatic rings. The van der Waals surface area contributed by atoms with Crippen LogP contribution < -0.4 is 0 Å². The Kier molecular flexibility index (Phi) is 3.21. The van der Waals surface area contributed by atoms with E-state index in [9.17, 15) is 0 Å². The van der Waals surface area contributed by atoms with E-state index in [0.29, 0.717) is 6.04 Å². The maximum atomic E-state index is 6.04. The molecule has 1 aliphatic heterocycles. The zero-order valence-corrected chi connectivity index (χ0v) is 11.5. The van der Waals surface area contributed by atoms with Crippen LogP contribution in [0.4, 0.5) is 0 Å². The smallest absolute Gasteiger partial charge is 0.0932 e. The molecular weight excluding hydrogens is 282 g/mol. The third-order valence-electron chi connectivity index (χ3n) is 4.05. The first-order chi connectivity index (χ1) is 8.31. The van der Waals surface area contributed by atoms with Gasteiger partial charge < -0.3 is 4.74 Å². The van der Waals surface area contributed by atoms with E-state index in [2.05, 4.69) is 32.4 Å². The molecule has 0 radical (unpaired) electrons. The Morgan fingerprint density at radius 2 is 2.29 bits per heavy atom. The van der Waals surface area contributed by atoms with Crippen LogP contribution in [-0.2, 0) is 10.1 Å². The zero-order chi connectivity index (χ0) is 11.7. The van der Waals surface area contributed by atoms with E-state index in [1.165, 1.54) is 25.7 Å². The maximum absolute atomic E-state index is 6.04. The number of nitrogens with zero attached hydrogens (tertiary/aromatic N) is 3. The summed E-state index contributed by atoms with van der Waals surface area (Å²) in [6, 6.07) is 0.474. The third kappa shape index (κ3) is 2.27. The average molecular weight is 300 g/mol. The van der Waals surface area contributed by atoms with Gasteiger partial charge in [-0.25, -0.2) is 4.68 Å². The SMILES string of the molecule is BrCc1cn(C2CCOC3(CCCC3)C2)nn1. The van der Waals surface area contributed by atoms with Gasteiger partial charge in [0.05, 0.1) is 17.3 Å². The molecule has 0 N–H and O–H groups in total. The van der Waals surface area contributed by atoms with E-state index in [1.54, 1.807) is 0 Å². The molecule has 94 valence electrons. The highest BCUT2D eigenvalue weighted by Gasteiger charge is 2.40. The number of hydrogen-bond donors (Lipinski definition) is 0. The minimum Gasteiger partial charge on any atom is -0.375 e. The molecule has 4 nitrogen and oxygen atoms in total. The molecular formula is C12H18BrN3O. The predicted molar refractivity (Wildman–Crippen MR) is 68.1 cm³/mol. The van der Waals surface area contributed by atoms with Crippen molar-refractivity contribution in [2.45, 2.75) is 55.5 Å². The topological polar surface area (TPSA) is 39.9 Å². The van der Waals surface area contributed by atoms with E-state index >= 15 is 0 Å². The molecule has 0 bridgehead atoms. The Morgan fingerprint density at radius 3 is 3.00 bits per heavy atom. The fraction of sp³-hybridized carbons (Fsp3) is 0.833. The van der Waals surface area contributed by atoms with Crippen molar-refractivity contribution in [1.82, 2.24) is 15.0 Å². The summed E-state index contributed by atoms with van der Waals surface area (Å²) < 4.78 is 8.08. The van der Waals surface area contributed by atoms with Crippen LogP contribution in [0.1, 0.15) is 50.3 Å². The van der Waals surface area contributed by atoms with Gasteiger partial charge in [0.15, 0.2) is 0 Å². The minimum atomic E-state index is 0.156. The van der Waals surface area contributed by atoms with Crippen LogP contribution in [0.15, 0.2) is 6.20 Å². The summed E-state index contributed by atoms with van der Waals surface area (Å²) in [6.07, 6.45) is 9.32. The normalized spacial score (nSPS) is 27.7. The van der Waals surface area contributed by atoms with E-state index in [1.807, 2.05) is 4.68 Å². The second kappa shape index (κ2) is 4.69. The van der Waals surface area contributed by atoms with Gasteiger partial charge in [-0.1, -0.05) is 34.0 Å². The van der Waals surface area contributed by atoms with Crippen LogP contribution in [0, 0.1) is 0 Å². The summed E-state index contributed by atoms with van der Waals surface area (Å²) in [5.41, 5.74) is 1.17. The van der Waals surface area contributed by atoms with Gasteiger partial charge in [0.1, 0.15) is 0 Å². The standard InChI is InChI=1S/C12H18BrN3O/c13-8-10-9-16(15-14-10)11-3-6-17-12(7-11)4-1-2-5-12/h9,11H,1-8H2. The Hall–Kier alpha value is -0.420. The fourth-order valence-corrected chi connectivity index (χ4v) is 3.41. The molecule has 1 aliphatic carbocycles. The molecule has 0 amide bonds. The van der Waals surface area contributed by atoms with Crippen LogP contribution >= 0.6 is 15.9 Å². The molecule has 17 heavy (non-hydrogen) atoms. The van der Waals surface area contributed by atoms with E-state index in [4.69, 9.17) is 4.74 Å². The van der Waals surface area contributed by atoms with E-state index in [-0.39, 0.29) is 5.60 Å². The largest absolute Gasteiger partial charge is 0.375 e. The molecule has 0 aromatic carbocycles. The first kappa shape index (κ1) is 11.7. The Bertz CT molecular complexity index is 387. The predicted octanol–water partition coefficient (Wildman–Crippen LogP) is 2.84. The lowest BCUT2D eigenvalue weighted by atomic mass is 9.89. The molecule has 1 saturated heterocycles. The average Bonchev–Trinajstić information content (AvgIpc) is 2.99. The molecule has 1 spiro atoms. The van der Waals surface area contributed by atoms with Crippen LogP contribution in [0.2, 0.25) is 0 Å². The van der Waals surface area contributed by atoms with Gasteiger partial charge in [-0.15, -0.1) is 5.10 Å². The summed E-state index contributed by atoms with van der Waals surface area (Å²) >= 11 is 3.41. The van der Waals surface area contributed by atoms with Gasteiger partial charge >= 0.3 is 0 Å². The lowest BCUT2D eigenvalue weighted by Gasteiger charge is -2.38. The monoisotopic (exact) mass is 299 g/mol. The molecule has 3 rings (SSSR count). The fourth-order valence-electron chi connectivity index (χ4n) is 3.15. The van der Waals surface area contributed by atoms with Gasteiger partial charge in [0, 0.05) is 18.1 Å². The summed E-state index contributed by atoms with van der Waals surface area (Å²) in [5.74, 6) is 0. The van der Waals surface area contributed by atoms with Crippen molar-refractivity contribution >= 4 is 15.9 Å². The summed E-state index contributed by atoms with van der Waals surface area (Å²) in [7, 11) is 0. The van der Waals surface area contributed by atoms with Crippen molar-refractivity contribution in [3.05, 3.63) is 11.9 Å². The molecule has 1 unspecified atom stereocenters. The summed E-state index contributed by atoms with van der Waals surface area (Å²) in [6.45, 7) is 0.869. The first-order valence-electron chi connectivity index (χ1n) is 6.42. The number of aromatic nitrogens is 3. The Labute approximate surface area is 110 Å². The lowest BCUT2D eigenvalue weighted by Crippen LogP contribution is -2.38. The van der Waals surface area contributed by atoms with Crippen molar-refractivity contribution < 1.29 is 4.74 Å². The van der Waals surface area contributed by atoms with Gasteiger partial charge in [-0.2, -0.15) is 0 Å². The number of hydrogen-bond acceptors (Lipinski definition) is 3. The second-order valence-corrected chi connectivity index (χ2v) is 5.77. The van der Waals surface area contributed by atoms with Gasteiger partial charge in [0.2, 0.25) is 0 Å². The van der Waals surface area contributed by atoms with E-state index < -0.39 is 0 Å². The van der Waals surface area contributed by atoms with Crippen molar-refractivity contribution in [3.63, 3.8) is 0 Å². The van der Waals surface area contributed by atoms with E-state index in [0.717, 1.165) is 30.5 Å². The van der Waals surface area contributed by atoms with Gasteiger partial charge in [-0.3, -0.25) is 0 Å². The number of rotatable bonds is 2. The number of halogens is 1. The summed E-state index contributed by atoms with van der Waals surface area (Å²) in [5, 5.41) is 9.18. The second-order valence-electron chi connectivity index (χ2n) is 5.21. The van der Waals surface area contributed by atoms with Crippen molar-refractivity contribution in [2.24, 2.45) is 0 Å². The molecule has 1 atom stereocenters. The van der Waals surface area contributed by atoms with Crippen LogP contribution in [0.25, 0.3) is 0 Å². The lowest BCUT2D eigenvalue weighted by molar-refractivity contribution is -0.0911. The van der Waals surface area contributed by atoms with Crippen LogP contribution in [0.3, 0.4) is 0 Å². The maximum Gasteiger partial charge on any atom is 0.0932 e. The highest BCUT2D eigenvalue weighted by atomic mass is 79.9. The molecule has 1 saturated carbocycles. The number of alkyl halides is 1. The van der Waals surface area contributed by atoms with Gasteiger partial charge in [0.25, 0.3) is 0 Å². The Morgan fingerprint density at radius 1 is 1.47 bits per heavy atom. The highest BCUT2D eigenvalue weighted by molar-refractivity contribution is 9.08. The molecule has 1 aromatic rings. The quantitative estimate of drug-likeness (QED) is 0.789. The highest BCUT2D eigenvalue weighted by Crippen LogP contribution is 2.43. The first-order valence-corrected chi connectivity index (χ1v) is 7.54. The van der Waals surface area contributed by atoms with Crippen LogP contribution in [-0.4, -0.2) is 27.2 Å². The Balaban J connectivity index is 1.74. The van der Waals surface area contributed by atoms with Gasteiger partial charge in [-0.05, 0) is 25.7 Å². The molecule has 1 aromatic heterocycles. The molecule has 2 heterocycles. The van der Waals surface area contributed by atoms with Crippen LogP contribution in [0.5, 0.6) is 0 Å². The minimum absolute atomic E-state index is 0.156. The third-order valence-corrected chi connectivity index (χ3v) is 4.63. The van der Waals surface area contributed by atoms with Crippen molar-refractivity contribution in [1.29, 1.82) is 0 Å². The molecule has 2 fully saturated rings. The summed E-state index contributed by atoms with van der Waals surface area (Å²) in [4.78, 5) is 0. The zero-order valence-electron chi connectivity index (χ0n) is 9.94.